The van der Waals surface area contributed by atoms with Gasteiger partial charge >= 0.3 is 0 Å². The summed E-state index contributed by atoms with van der Waals surface area (Å²) >= 11 is 6.01. The van der Waals surface area contributed by atoms with Crippen LogP contribution in [-0.4, -0.2) is 43.8 Å². The van der Waals surface area contributed by atoms with Crippen LogP contribution in [-0.2, 0) is 16.6 Å². The van der Waals surface area contributed by atoms with E-state index >= 15 is 0 Å². The first-order chi connectivity index (χ1) is 12.0. The molecule has 0 radical (unpaired) electrons. The maximum atomic E-state index is 12.7. The van der Waals surface area contributed by atoms with Gasteiger partial charge in [-0.25, -0.2) is 8.42 Å². The first-order valence-corrected chi connectivity index (χ1v) is 9.78. The molecule has 1 saturated heterocycles. The maximum Gasteiger partial charge on any atom is 0.243 e. The molecule has 25 heavy (non-hydrogen) atoms. The number of hydrogen-bond donors (Lipinski definition) is 0. The van der Waals surface area contributed by atoms with Gasteiger partial charge in [-0.2, -0.15) is 9.57 Å². The van der Waals surface area contributed by atoms with E-state index in [1.54, 1.807) is 0 Å². The lowest BCUT2D eigenvalue weighted by atomic mass is 10.2. The Morgan fingerprint density at radius 2 is 1.72 bits per heavy atom. The van der Waals surface area contributed by atoms with Crippen LogP contribution >= 0.6 is 11.6 Å². The molecule has 1 aliphatic heterocycles. The molecule has 0 N–H and O–H groups in total. The maximum absolute atomic E-state index is 12.7. The molecule has 0 spiro atoms. The van der Waals surface area contributed by atoms with Gasteiger partial charge in [0.25, 0.3) is 0 Å². The highest BCUT2D eigenvalue weighted by Gasteiger charge is 2.28. The van der Waals surface area contributed by atoms with E-state index in [-0.39, 0.29) is 4.90 Å². The minimum absolute atomic E-state index is 0.231. The number of hydrogen-bond acceptors (Lipinski definition) is 4. The van der Waals surface area contributed by atoms with Crippen molar-refractivity contribution >= 4 is 21.6 Å². The van der Waals surface area contributed by atoms with Gasteiger partial charge in [-0.1, -0.05) is 23.7 Å². The zero-order valence-corrected chi connectivity index (χ0v) is 15.2. The number of sulfonamides is 1. The lowest BCUT2D eigenvalue weighted by Crippen LogP contribution is -2.48. The van der Waals surface area contributed by atoms with Crippen molar-refractivity contribution in [2.45, 2.75) is 11.4 Å². The van der Waals surface area contributed by atoms with E-state index in [4.69, 9.17) is 16.9 Å². The Balaban J connectivity index is 1.63. The molecule has 0 unspecified atom stereocenters. The van der Waals surface area contributed by atoms with Gasteiger partial charge in [0.05, 0.1) is 16.5 Å². The van der Waals surface area contributed by atoms with Gasteiger partial charge in [-0.15, -0.1) is 0 Å². The van der Waals surface area contributed by atoms with Gasteiger partial charge in [-0.05, 0) is 42.0 Å². The van der Waals surface area contributed by atoms with Crippen LogP contribution in [0, 0.1) is 11.3 Å². The van der Waals surface area contributed by atoms with Crippen molar-refractivity contribution in [3.63, 3.8) is 0 Å². The second-order valence-corrected chi connectivity index (χ2v) is 8.32. The lowest BCUT2D eigenvalue weighted by molar-refractivity contribution is 0.181. The van der Waals surface area contributed by atoms with Crippen LogP contribution in [0.2, 0.25) is 5.02 Å². The molecule has 1 fully saturated rings. The minimum atomic E-state index is -3.51. The topological polar surface area (TPSA) is 64.4 Å². The summed E-state index contributed by atoms with van der Waals surface area (Å²) in [5.41, 5.74) is 1.57. The molecule has 0 atom stereocenters. The minimum Gasteiger partial charge on any atom is -0.296 e. The van der Waals surface area contributed by atoms with Crippen LogP contribution in [0.5, 0.6) is 0 Å². The monoisotopic (exact) mass is 375 g/mol. The SMILES string of the molecule is N#Cc1ccc(S(=O)(=O)N2CCN(Cc3cccc(Cl)c3)CC2)cc1. The number of benzene rings is 2. The Morgan fingerprint density at radius 1 is 1.04 bits per heavy atom. The molecule has 0 aliphatic carbocycles. The molecule has 0 amide bonds. The molecule has 0 bridgehead atoms. The molecule has 130 valence electrons. The van der Waals surface area contributed by atoms with Gasteiger partial charge in [0.2, 0.25) is 10.0 Å². The van der Waals surface area contributed by atoms with Gasteiger partial charge in [0, 0.05) is 37.7 Å². The largest absolute Gasteiger partial charge is 0.296 e. The fourth-order valence-corrected chi connectivity index (χ4v) is 4.51. The van der Waals surface area contributed by atoms with E-state index in [1.165, 1.54) is 28.6 Å². The smallest absolute Gasteiger partial charge is 0.243 e. The predicted octanol–water partition coefficient (Wildman–Crippen LogP) is 2.72. The van der Waals surface area contributed by atoms with Crippen LogP contribution in [0.4, 0.5) is 0 Å². The average molecular weight is 376 g/mol. The van der Waals surface area contributed by atoms with Crippen molar-refractivity contribution in [2.75, 3.05) is 26.2 Å². The molecule has 0 aromatic heterocycles. The van der Waals surface area contributed by atoms with Gasteiger partial charge in [0.15, 0.2) is 0 Å². The molecular formula is C18H18ClN3O2S. The second kappa shape index (κ2) is 7.54. The number of nitriles is 1. The first kappa shape index (κ1) is 17.9. The quantitative estimate of drug-likeness (QED) is 0.824. The third kappa shape index (κ3) is 4.20. The standard InChI is InChI=1S/C18H18ClN3O2S/c19-17-3-1-2-16(12-17)14-21-8-10-22(11-9-21)25(23,24)18-6-4-15(13-20)5-7-18/h1-7,12H,8-11,14H2. The van der Waals surface area contributed by atoms with Crippen LogP contribution in [0.3, 0.4) is 0 Å². The first-order valence-electron chi connectivity index (χ1n) is 7.96. The molecule has 1 heterocycles. The Hall–Kier alpha value is -1.91. The summed E-state index contributed by atoms with van der Waals surface area (Å²) in [5, 5.41) is 9.53. The van der Waals surface area contributed by atoms with Crippen LogP contribution in [0.25, 0.3) is 0 Å². The summed E-state index contributed by atoms with van der Waals surface area (Å²) in [4.78, 5) is 2.45. The van der Waals surface area contributed by atoms with E-state index < -0.39 is 10.0 Å². The van der Waals surface area contributed by atoms with Crippen LogP contribution in [0.1, 0.15) is 11.1 Å². The van der Waals surface area contributed by atoms with Crippen LogP contribution < -0.4 is 0 Å². The van der Waals surface area contributed by atoms with Gasteiger partial charge in [0.1, 0.15) is 0 Å². The van der Waals surface area contributed by atoms with Crippen molar-refractivity contribution in [3.8, 4) is 6.07 Å². The number of halogens is 1. The highest BCUT2D eigenvalue weighted by atomic mass is 35.5. The van der Waals surface area contributed by atoms with Crippen molar-refractivity contribution < 1.29 is 8.42 Å². The molecule has 2 aromatic carbocycles. The molecule has 0 saturated carbocycles. The second-order valence-electron chi connectivity index (χ2n) is 5.95. The van der Waals surface area contributed by atoms with E-state index in [9.17, 15) is 8.42 Å². The molecule has 7 heteroatoms. The number of piperazine rings is 1. The third-order valence-electron chi connectivity index (χ3n) is 4.25. The highest BCUT2D eigenvalue weighted by molar-refractivity contribution is 7.89. The molecule has 1 aliphatic rings. The average Bonchev–Trinajstić information content (AvgIpc) is 2.62. The fraction of sp³-hybridized carbons (Fsp3) is 0.278. The van der Waals surface area contributed by atoms with E-state index in [0.29, 0.717) is 36.8 Å². The molecule has 2 aromatic rings. The number of nitrogens with zero attached hydrogens (tertiary/aromatic N) is 3. The highest BCUT2D eigenvalue weighted by Crippen LogP contribution is 2.19. The Bertz CT molecular complexity index is 883. The summed E-state index contributed by atoms with van der Waals surface area (Å²) in [6, 6.07) is 15.8. The van der Waals surface area contributed by atoms with Gasteiger partial charge in [-0.3, -0.25) is 4.90 Å². The summed E-state index contributed by atoms with van der Waals surface area (Å²) in [6.07, 6.45) is 0. The zero-order valence-electron chi connectivity index (χ0n) is 13.6. The van der Waals surface area contributed by atoms with Crippen molar-refractivity contribution in [3.05, 3.63) is 64.7 Å². The van der Waals surface area contributed by atoms with E-state index in [0.717, 1.165) is 12.1 Å². The summed E-state index contributed by atoms with van der Waals surface area (Å²) in [7, 11) is -3.51. The number of rotatable bonds is 4. The zero-order chi connectivity index (χ0) is 17.9. The van der Waals surface area contributed by atoms with E-state index in [2.05, 4.69) is 4.90 Å². The van der Waals surface area contributed by atoms with Gasteiger partial charge < -0.3 is 0 Å². The lowest BCUT2D eigenvalue weighted by Gasteiger charge is -2.34. The normalized spacial score (nSPS) is 16.5. The Kier molecular flexibility index (Phi) is 5.40. The Morgan fingerprint density at radius 3 is 2.32 bits per heavy atom. The van der Waals surface area contributed by atoms with Crippen molar-refractivity contribution in [1.29, 1.82) is 5.26 Å². The third-order valence-corrected chi connectivity index (χ3v) is 6.40. The molecule has 3 rings (SSSR count). The summed E-state index contributed by atoms with van der Waals surface area (Å²) < 4.78 is 26.9. The van der Waals surface area contributed by atoms with Crippen molar-refractivity contribution in [1.82, 2.24) is 9.21 Å². The summed E-state index contributed by atoms with van der Waals surface area (Å²) in [6.45, 7) is 2.99. The Labute approximate surface area is 153 Å². The fourth-order valence-electron chi connectivity index (χ4n) is 2.87. The van der Waals surface area contributed by atoms with Crippen LogP contribution in [0.15, 0.2) is 53.4 Å². The predicted molar refractivity (Wildman–Crippen MR) is 96.6 cm³/mol. The summed E-state index contributed by atoms with van der Waals surface area (Å²) in [5.74, 6) is 0. The molecular weight excluding hydrogens is 358 g/mol. The molecule has 5 nitrogen and oxygen atoms in total. The van der Waals surface area contributed by atoms with E-state index in [1.807, 2.05) is 30.3 Å². The van der Waals surface area contributed by atoms with Crippen molar-refractivity contribution in [2.24, 2.45) is 0 Å².